The number of likely N-dealkylation sites (tertiary alicyclic amines) is 1. The van der Waals surface area contributed by atoms with Crippen LogP contribution >= 0.6 is 23.5 Å². The molecule has 0 amide bonds. The number of nitrogens with zero attached hydrogens (tertiary/aromatic N) is 1. The van der Waals surface area contributed by atoms with Crippen LogP contribution in [0, 0.1) is 15.7 Å². The summed E-state index contributed by atoms with van der Waals surface area (Å²) >= 11 is 3.62. The first kappa shape index (κ1) is 21.0. The van der Waals surface area contributed by atoms with Gasteiger partial charge in [-0.3, -0.25) is 9.69 Å². The van der Waals surface area contributed by atoms with Gasteiger partial charge in [0.15, 0.2) is 0 Å². The summed E-state index contributed by atoms with van der Waals surface area (Å²) in [5.41, 5.74) is 0.0707. The van der Waals surface area contributed by atoms with Crippen molar-refractivity contribution in [2.75, 3.05) is 7.05 Å². The van der Waals surface area contributed by atoms with Crippen molar-refractivity contribution in [1.82, 2.24) is 4.90 Å². The monoisotopic (exact) mass is 387 g/mol. The fourth-order valence-electron chi connectivity index (χ4n) is 2.74. The zero-order valence-corrected chi connectivity index (χ0v) is 16.0. The van der Waals surface area contributed by atoms with Crippen LogP contribution in [0.4, 0.5) is 0 Å². The normalized spacial score (nSPS) is 25.6. The third-order valence-electron chi connectivity index (χ3n) is 3.63. The second-order valence-electron chi connectivity index (χ2n) is 6.19. The molecule has 134 valence electrons. The van der Waals surface area contributed by atoms with Gasteiger partial charge >= 0.3 is 5.97 Å². The molecule has 2 heterocycles. The Morgan fingerprint density at radius 1 is 1.35 bits per heavy atom. The van der Waals surface area contributed by atoms with Gasteiger partial charge in [-0.2, -0.15) is 14.0 Å². The van der Waals surface area contributed by atoms with E-state index < -0.39 is 10.2 Å². The van der Waals surface area contributed by atoms with E-state index in [2.05, 4.69) is 29.6 Å². The average Bonchev–Trinajstić information content (AvgIpc) is 2.88. The van der Waals surface area contributed by atoms with Crippen LogP contribution in [0.3, 0.4) is 0 Å². The lowest BCUT2D eigenvalue weighted by molar-refractivity contribution is -1.92. The first-order chi connectivity index (χ1) is 10.3. The number of likely N-dealkylation sites (N-methyl/N-ethyl adjacent to an activating group) is 1. The van der Waals surface area contributed by atoms with E-state index >= 15 is 0 Å². The Bertz CT molecular complexity index is 452. The second kappa shape index (κ2) is 7.49. The van der Waals surface area contributed by atoms with Crippen LogP contribution in [0.25, 0.3) is 0 Å². The average molecular weight is 388 g/mol. The van der Waals surface area contributed by atoms with E-state index in [9.17, 15) is 4.79 Å². The molecule has 1 unspecified atom stereocenters. The van der Waals surface area contributed by atoms with Gasteiger partial charge < -0.3 is 4.74 Å². The maximum absolute atomic E-state index is 12.2. The molecule has 1 N–H and O–H groups in total. The number of halogens is 1. The first-order valence-electron chi connectivity index (χ1n) is 6.87. The summed E-state index contributed by atoms with van der Waals surface area (Å²) < 4.78 is 38.0. The Balaban J connectivity index is 0.000000463. The van der Waals surface area contributed by atoms with Crippen molar-refractivity contribution in [3.63, 3.8) is 0 Å². The van der Waals surface area contributed by atoms with E-state index in [1.54, 1.807) is 0 Å². The van der Waals surface area contributed by atoms with Gasteiger partial charge in [-0.1, -0.05) is 37.4 Å². The Labute approximate surface area is 146 Å². The lowest BCUT2D eigenvalue weighted by atomic mass is 9.90. The van der Waals surface area contributed by atoms with Crippen LogP contribution in [-0.4, -0.2) is 38.9 Å². The number of carbonyl (C=O) groups is 1. The minimum Gasteiger partial charge on any atom is -0.462 e. The van der Waals surface area contributed by atoms with Gasteiger partial charge in [0.2, 0.25) is 0 Å². The summed E-state index contributed by atoms with van der Waals surface area (Å²) in [5.74, 6) is -0.0921. The molecule has 0 aromatic carbocycles. The van der Waals surface area contributed by atoms with Crippen molar-refractivity contribution >= 4 is 29.5 Å². The molecule has 23 heavy (non-hydrogen) atoms. The molecule has 1 saturated heterocycles. The van der Waals surface area contributed by atoms with Crippen molar-refractivity contribution in [1.29, 1.82) is 0 Å². The predicted molar refractivity (Wildman–Crippen MR) is 80.4 cm³/mol. The highest BCUT2D eigenvalue weighted by molar-refractivity contribution is 8.23. The van der Waals surface area contributed by atoms with E-state index in [1.165, 1.54) is 0 Å². The quantitative estimate of drug-likeness (QED) is 0.604. The molecule has 2 rings (SSSR count). The Kier molecular flexibility index (Phi) is 6.85. The number of hydrogen-bond donors (Lipinski definition) is 1. The van der Waals surface area contributed by atoms with Crippen LogP contribution in [0.15, 0.2) is 10.8 Å². The standard InChI is InChI=1S/C13H21NO2S2.ClHO4/c1-9(2)16-11(15)10-8-12(3,4)13(14(10)5)17-6-7-18-13;2-1(3,4)5/h6-7,9-10H,8H2,1-5H3;(H,2,3,4,5). The molecule has 0 aliphatic carbocycles. The molecule has 1 spiro atoms. The van der Waals surface area contributed by atoms with E-state index in [0.717, 1.165) is 6.42 Å². The SMILES string of the molecule is CC(C)OC(=O)C1CC(C)(C)C2(SC=CS2)N1C.[O-][Cl+3]([O-])([O-])O. The smallest absolute Gasteiger partial charge is 0.323 e. The Hall–Kier alpha value is -0.000000000000000125. The van der Waals surface area contributed by atoms with E-state index in [0.29, 0.717) is 0 Å². The van der Waals surface area contributed by atoms with Crippen LogP contribution < -0.4 is 14.0 Å². The number of esters is 1. The van der Waals surface area contributed by atoms with E-state index in [1.807, 2.05) is 44.4 Å². The maximum Gasteiger partial charge on any atom is 0.323 e. The molecule has 7 nitrogen and oxygen atoms in total. The highest BCUT2D eigenvalue weighted by atomic mass is 35.7. The number of ether oxygens (including phenoxy) is 1. The van der Waals surface area contributed by atoms with Crippen molar-refractivity contribution in [2.24, 2.45) is 5.41 Å². The second-order valence-corrected chi connectivity index (χ2v) is 9.43. The van der Waals surface area contributed by atoms with E-state index in [-0.39, 0.29) is 27.7 Å². The minimum atomic E-state index is -4.69. The molecule has 1 atom stereocenters. The lowest BCUT2D eigenvalue weighted by Crippen LogP contribution is -2.58. The molecule has 0 aromatic rings. The fraction of sp³-hybridized carbons (Fsp3) is 0.769. The topological polar surface area (TPSA) is 119 Å². The lowest BCUT2D eigenvalue weighted by Gasteiger charge is -2.40. The van der Waals surface area contributed by atoms with Crippen molar-refractivity contribution in [2.45, 2.75) is 50.5 Å². The molecular formula is C13H22ClNO6S2. The predicted octanol–water partition coefficient (Wildman–Crippen LogP) is -0.851. The molecule has 10 heteroatoms. The van der Waals surface area contributed by atoms with Gasteiger partial charge in [0.05, 0.1) is 21.0 Å². The van der Waals surface area contributed by atoms with Crippen LogP contribution in [0.2, 0.25) is 0 Å². The van der Waals surface area contributed by atoms with Crippen molar-refractivity contribution < 1.29 is 38.4 Å². The van der Waals surface area contributed by atoms with Crippen molar-refractivity contribution in [3.8, 4) is 0 Å². The van der Waals surface area contributed by atoms with Crippen LogP contribution in [0.5, 0.6) is 0 Å². The highest BCUT2D eigenvalue weighted by Gasteiger charge is 2.60. The van der Waals surface area contributed by atoms with Crippen molar-refractivity contribution in [3.05, 3.63) is 10.8 Å². The van der Waals surface area contributed by atoms with Gasteiger partial charge in [0, 0.05) is 5.41 Å². The van der Waals surface area contributed by atoms with Gasteiger partial charge in [-0.15, -0.1) is 0 Å². The van der Waals surface area contributed by atoms with E-state index in [4.69, 9.17) is 23.4 Å². The fourth-order valence-corrected chi connectivity index (χ4v) is 5.50. The number of hydrogen-bond acceptors (Lipinski definition) is 9. The summed E-state index contributed by atoms with van der Waals surface area (Å²) in [7, 11) is -2.66. The highest BCUT2D eigenvalue weighted by Crippen LogP contribution is 2.63. The summed E-state index contributed by atoms with van der Waals surface area (Å²) in [6.45, 7) is 8.26. The molecule has 1 fully saturated rings. The molecule has 0 aromatic heterocycles. The van der Waals surface area contributed by atoms with Gasteiger partial charge in [-0.05, 0) is 38.1 Å². The summed E-state index contributed by atoms with van der Waals surface area (Å²) in [6, 6.07) is -0.137. The molecular weight excluding hydrogens is 366 g/mol. The number of carbonyl (C=O) groups excluding carboxylic acids is 1. The molecule has 2 aliphatic rings. The zero-order chi connectivity index (χ0) is 18.1. The van der Waals surface area contributed by atoms with Gasteiger partial charge in [0.1, 0.15) is 10.2 Å². The van der Waals surface area contributed by atoms with Gasteiger partial charge in [-0.25, -0.2) is 0 Å². The van der Waals surface area contributed by atoms with Crippen LogP contribution in [-0.2, 0) is 9.53 Å². The Morgan fingerprint density at radius 2 is 1.78 bits per heavy atom. The van der Waals surface area contributed by atoms with Gasteiger partial charge in [0.25, 0.3) is 0 Å². The third kappa shape index (κ3) is 5.23. The molecule has 0 saturated carbocycles. The summed E-state index contributed by atoms with van der Waals surface area (Å²) in [4.78, 5) is 14.4. The molecule has 2 aliphatic heterocycles. The maximum atomic E-state index is 12.2. The zero-order valence-electron chi connectivity index (χ0n) is 13.6. The largest absolute Gasteiger partial charge is 0.462 e. The molecule has 0 radical (unpaired) electrons. The minimum absolute atomic E-state index is 0.0485. The molecule has 0 bridgehead atoms. The third-order valence-corrected chi connectivity index (χ3v) is 7.24. The summed E-state index contributed by atoms with van der Waals surface area (Å²) in [5, 5.41) is 4.25. The van der Waals surface area contributed by atoms with Crippen LogP contribution in [0.1, 0.15) is 34.1 Å². The number of thioether (sulfide) groups is 2. The Morgan fingerprint density at radius 3 is 2.17 bits per heavy atom. The first-order valence-corrected chi connectivity index (χ1v) is 9.90. The number of rotatable bonds is 2. The summed E-state index contributed by atoms with van der Waals surface area (Å²) in [6.07, 6.45) is 0.795.